The predicted octanol–water partition coefficient (Wildman–Crippen LogP) is 3.99. The Morgan fingerprint density at radius 3 is 2.33 bits per heavy atom. The molecule has 5 nitrogen and oxygen atoms in total. The summed E-state index contributed by atoms with van der Waals surface area (Å²) in [7, 11) is 0. The summed E-state index contributed by atoms with van der Waals surface area (Å²) in [6.07, 6.45) is 1.58. The number of para-hydroxylation sites is 1. The molecule has 2 heterocycles. The van der Waals surface area contributed by atoms with Crippen molar-refractivity contribution in [3.05, 3.63) is 72.3 Å². The van der Waals surface area contributed by atoms with Crippen molar-refractivity contribution in [2.45, 2.75) is 6.92 Å². The first-order valence-electron chi connectivity index (χ1n) is 9.09. The SMILES string of the molecule is Cc1ccc(Nc2cc(N3CCN(c4ccccc4F)CC3)ncn2)cc1. The van der Waals surface area contributed by atoms with E-state index in [1.807, 2.05) is 30.3 Å². The number of halogens is 1. The van der Waals surface area contributed by atoms with E-state index in [2.05, 4.69) is 44.1 Å². The number of aromatic nitrogens is 2. The molecule has 138 valence electrons. The number of rotatable bonds is 4. The van der Waals surface area contributed by atoms with E-state index in [0.717, 1.165) is 43.5 Å². The van der Waals surface area contributed by atoms with Gasteiger partial charge < -0.3 is 15.1 Å². The smallest absolute Gasteiger partial charge is 0.146 e. The Labute approximate surface area is 158 Å². The zero-order chi connectivity index (χ0) is 18.6. The highest BCUT2D eigenvalue weighted by Crippen LogP contribution is 2.23. The van der Waals surface area contributed by atoms with E-state index in [-0.39, 0.29) is 5.82 Å². The Balaban J connectivity index is 1.42. The van der Waals surface area contributed by atoms with Crippen LogP contribution in [0, 0.1) is 12.7 Å². The second kappa shape index (κ2) is 7.61. The first kappa shape index (κ1) is 17.3. The maximum absolute atomic E-state index is 14.0. The summed E-state index contributed by atoms with van der Waals surface area (Å²) >= 11 is 0. The number of anilines is 4. The first-order chi connectivity index (χ1) is 13.2. The van der Waals surface area contributed by atoms with Gasteiger partial charge in [0.15, 0.2) is 0 Å². The molecule has 1 N–H and O–H groups in total. The van der Waals surface area contributed by atoms with Crippen LogP contribution in [0.3, 0.4) is 0 Å². The van der Waals surface area contributed by atoms with Gasteiger partial charge in [-0.05, 0) is 31.2 Å². The summed E-state index contributed by atoms with van der Waals surface area (Å²) < 4.78 is 14.0. The van der Waals surface area contributed by atoms with Gasteiger partial charge in [0.1, 0.15) is 23.8 Å². The fourth-order valence-electron chi connectivity index (χ4n) is 3.26. The summed E-state index contributed by atoms with van der Waals surface area (Å²) in [5.74, 6) is 1.48. The van der Waals surface area contributed by atoms with Gasteiger partial charge in [0.2, 0.25) is 0 Å². The van der Waals surface area contributed by atoms with E-state index >= 15 is 0 Å². The van der Waals surface area contributed by atoms with Crippen LogP contribution in [-0.4, -0.2) is 36.1 Å². The average Bonchev–Trinajstić information content (AvgIpc) is 2.71. The second-order valence-electron chi connectivity index (χ2n) is 6.68. The molecule has 0 aliphatic carbocycles. The molecular weight excluding hydrogens is 341 g/mol. The molecule has 3 aromatic rings. The van der Waals surface area contributed by atoms with Crippen LogP contribution >= 0.6 is 0 Å². The van der Waals surface area contributed by atoms with E-state index in [0.29, 0.717) is 5.69 Å². The maximum atomic E-state index is 14.0. The Bertz CT molecular complexity index is 904. The van der Waals surface area contributed by atoms with Crippen molar-refractivity contribution in [1.29, 1.82) is 0 Å². The first-order valence-corrected chi connectivity index (χ1v) is 9.09. The Kier molecular flexibility index (Phi) is 4.87. The van der Waals surface area contributed by atoms with Gasteiger partial charge in [0.05, 0.1) is 5.69 Å². The highest BCUT2D eigenvalue weighted by molar-refractivity contribution is 5.60. The lowest BCUT2D eigenvalue weighted by molar-refractivity contribution is 0.596. The van der Waals surface area contributed by atoms with Crippen LogP contribution < -0.4 is 15.1 Å². The van der Waals surface area contributed by atoms with Crippen molar-refractivity contribution in [2.24, 2.45) is 0 Å². The topological polar surface area (TPSA) is 44.3 Å². The standard InChI is InChI=1S/C21H22FN5/c1-16-6-8-17(9-7-16)25-20-14-21(24-15-23-20)27-12-10-26(11-13-27)19-5-3-2-4-18(19)22/h2-9,14-15H,10-13H2,1H3,(H,23,24,25). The number of hydrogen-bond donors (Lipinski definition) is 1. The molecule has 1 fully saturated rings. The quantitative estimate of drug-likeness (QED) is 0.759. The predicted molar refractivity (Wildman–Crippen MR) is 107 cm³/mol. The van der Waals surface area contributed by atoms with Gasteiger partial charge in [-0.2, -0.15) is 0 Å². The van der Waals surface area contributed by atoms with Crippen LogP contribution in [-0.2, 0) is 0 Å². The number of benzene rings is 2. The van der Waals surface area contributed by atoms with E-state index in [1.165, 1.54) is 11.6 Å². The summed E-state index contributed by atoms with van der Waals surface area (Å²) in [5, 5.41) is 3.31. The highest BCUT2D eigenvalue weighted by Gasteiger charge is 2.20. The summed E-state index contributed by atoms with van der Waals surface area (Å²) in [4.78, 5) is 13.0. The van der Waals surface area contributed by atoms with E-state index in [1.54, 1.807) is 12.4 Å². The van der Waals surface area contributed by atoms with Crippen molar-refractivity contribution in [3.63, 3.8) is 0 Å². The van der Waals surface area contributed by atoms with Crippen LogP contribution in [0.25, 0.3) is 0 Å². The van der Waals surface area contributed by atoms with Crippen LogP contribution in [0.1, 0.15) is 5.56 Å². The van der Waals surface area contributed by atoms with Crippen molar-refractivity contribution in [2.75, 3.05) is 41.3 Å². The summed E-state index contributed by atoms with van der Waals surface area (Å²) in [6, 6.07) is 17.1. The van der Waals surface area contributed by atoms with Crippen molar-refractivity contribution < 1.29 is 4.39 Å². The van der Waals surface area contributed by atoms with Crippen molar-refractivity contribution >= 4 is 23.0 Å². The molecule has 1 saturated heterocycles. The van der Waals surface area contributed by atoms with Gasteiger partial charge in [-0.25, -0.2) is 14.4 Å². The zero-order valence-electron chi connectivity index (χ0n) is 15.3. The van der Waals surface area contributed by atoms with Gasteiger partial charge in [0.25, 0.3) is 0 Å². The molecule has 1 aliphatic heterocycles. The van der Waals surface area contributed by atoms with Gasteiger partial charge in [0, 0.05) is 37.9 Å². The zero-order valence-corrected chi connectivity index (χ0v) is 15.3. The van der Waals surface area contributed by atoms with Gasteiger partial charge in [-0.3, -0.25) is 0 Å². The third-order valence-electron chi connectivity index (χ3n) is 4.77. The minimum absolute atomic E-state index is 0.169. The number of piperazine rings is 1. The molecule has 0 unspecified atom stereocenters. The molecule has 0 radical (unpaired) electrons. The van der Waals surface area contributed by atoms with Crippen LogP contribution in [0.4, 0.5) is 27.4 Å². The van der Waals surface area contributed by atoms with E-state index in [4.69, 9.17) is 0 Å². The Morgan fingerprint density at radius 2 is 1.59 bits per heavy atom. The number of aryl methyl sites for hydroxylation is 1. The summed E-state index contributed by atoms with van der Waals surface area (Å²) in [5.41, 5.74) is 2.88. The normalized spacial score (nSPS) is 14.3. The highest BCUT2D eigenvalue weighted by atomic mass is 19.1. The molecule has 0 spiro atoms. The lowest BCUT2D eigenvalue weighted by Gasteiger charge is -2.36. The lowest BCUT2D eigenvalue weighted by Crippen LogP contribution is -2.47. The number of nitrogens with zero attached hydrogens (tertiary/aromatic N) is 4. The lowest BCUT2D eigenvalue weighted by atomic mass is 10.2. The van der Waals surface area contributed by atoms with Crippen molar-refractivity contribution in [1.82, 2.24) is 9.97 Å². The average molecular weight is 363 g/mol. The Hall–Kier alpha value is -3.15. The largest absolute Gasteiger partial charge is 0.366 e. The van der Waals surface area contributed by atoms with Crippen LogP contribution in [0.15, 0.2) is 60.9 Å². The third kappa shape index (κ3) is 4.00. The number of nitrogens with one attached hydrogen (secondary N) is 1. The van der Waals surface area contributed by atoms with Crippen LogP contribution in [0.5, 0.6) is 0 Å². The molecule has 4 rings (SSSR count). The third-order valence-corrected chi connectivity index (χ3v) is 4.77. The van der Waals surface area contributed by atoms with Gasteiger partial charge in [-0.15, -0.1) is 0 Å². The van der Waals surface area contributed by atoms with Crippen molar-refractivity contribution in [3.8, 4) is 0 Å². The minimum Gasteiger partial charge on any atom is -0.366 e. The number of hydrogen-bond acceptors (Lipinski definition) is 5. The molecule has 27 heavy (non-hydrogen) atoms. The molecule has 6 heteroatoms. The van der Waals surface area contributed by atoms with Crippen LogP contribution in [0.2, 0.25) is 0 Å². The molecule has 2 aromatic carbocycles. The Morgan fingerprint density at radius 1 is 0.889 bits per heavy atom. The van der Waals surface area contributed by atoms with E-state index in [9.17, 15) is 4.39 Å². The molecule has 0 atom stereocenters. The molecule has 0 amide bonds. The fourth-order valence-corrected chi connectivity index (χ4v) is 3.26. The van der Waals surface area contributed by atoms with Gasteiger partial charge >= 0.3 is 0 Å². The fraction of sp³-hybridized carbons (Fsp3) is 0.238. The molecule has 0 saturated carbocycles. The molecule has 1 aromatic heterocycles. The minimum atomic E-state index is -0.169. The molecule has 0 bridgehead atoms. The monoisotopic (exact) mass is 363 g/mol. The maximum Gasteiger partial charge on any atom is 0.146 e. The van der Waals surface area contributed by atoms with E-state index < -0.39 is 0 Å². The second-order valence-corrected chi connectivity index (χ2v) is 6.68. The molecular formula is C21H22FN5. The van der Waals surface area contributed by atoms with Gasteiger partial charge in [-0.1, -0.05) is 29.8 Å². The summed E-state index contributed by atoms with van der Waals surface area (Å²) in [6.45, 7) is 5.15. The molecule has 1 aliphatic rings.